The Morgan fingerprint density at radius 3 is 2.26 bits per heavy atom. The number of rotatable bonds is 9. The molecule has 0 aliphatic rings. The zero-order valence-electron chi connectivity index (χ0n) is 25.6. The summed E-state index contributed by atoms with van der Waals surface area (Å²) in [5.41, 5.74) is 2.26. The average Bonchev–Trinajstić information content (AvgIpc) is 3.50. The number of hydrogen-bond donors (Lipinski definition) is 3. The van der Waals surface area contributed by atoms with E-state index < -0.39 is 41.2 Å². The van der Waals surface area contributed by atoms with Gasteiger partial charge in [-0.1, -0.05) is 35.5 Å². The molecule has 12 heteroatoms. The van der Waals surface area contributed by atoms with Gasteiger partial charge in [0.15, 0.2) is 0 Å². The number of nitrogens with zero attached hydrogens (tertiary/aromatic N) is 2. The Hall–Kier alpha value is -5.91. The van der Waals surface area contributed by atoms with E-state index >= 15 is 4.39 Å². The molecule has 0 saturated carbocycles. The molecule has 47 heavy (non-hydrogen) atoms. The second kappa shape index (κ2) is 13.6. The number of aromatic nitrogens is 2. The summed E-state index contributed by atoms with van der Waals surface area (Å²) in [5.74, 6) is -2.95. The lowest BCUT2D eigenvalue weighted by atomic mass is 10.0. The van der Waals surface area contributed by atoms with Crippen LogP contribution < -0.4 is 10.6 Å². The first-order valence-corrected chi connectivity index (χ1v) is 14.5. The van der Waals surface area contributed by atoms with Crippen LogP contribution in [0.1, 0.15) is 36.7 Å². The summed E-state index contributed by atoms with van der Waals surface area (Å²) in [7, 11) is 0. The first kappa shape index (κ1) is 32.5. The van der Waals surface area contributed by atoms with Gasteiger partial charge in [-0.05, 0) is 98.1 Å². The van der Waals surface area contributed by atoms with Crippen molar-refractivity contribution in [2.75, 3.05) is 5.32 Å². The Balaban J connectivity index is 1.24. The molecule has 5 aromatic rings. The molecular formula is C35H30F2N4O6. The average molecular weight is 641 g/mol. The van der Waals surface area contributed by atoms with Gasteiger partial charge >= 0.3 is 12.1 Å². The lowest BCUT2D eigenvalue weighted by Gasteiger charge is -2.19. The zero-order valence-corrected chi connectivity index (χ0v) is 25.6. The molecule has 0 aliphatic carbocycles. The van der Waals surface area contributed by atoms with Crippen molar-refractivity contribution in [3.05, 3.63) is 114 Å². The summed E-state index contributed by atoms with van der Waals surface area (Å²) < 4.78 is 39.1. The third-order valence-electron chi connectivity index (χ3n) is 6.82. The number of carbonyl (C=O) groups excluding carboxylic acids is 2. The van der Waals surface area contributed by atoms with Crippen molar-refractivity contribution in [3.63, 3.8) is 0 Å². The van der Waals surface area contributed by atoms with Gasteiger partial charge in [0.05, 0.1) is 5.56 Å². The van der Waals surface area contributed by atoms with Gasteiger partial charge in [0.1, 0.15) is 23.3 Å². The van der Waals surface area contributed by atoms with Gasteiger partial charge in [0.25, 0.3) is 11.8 Å². The fraction of sp³-hybridized carbons (Fsp3) is 0.171. The normalized spacial score (nSPS) is 11.9. The molecular weight excluding hydrogens is 610 g/mol. The maximum absolute atomic E-state index is 15.2. The second-order valence-electron chi connectivity index (χ2n) is 11.6. The molecule has 1 atom stereocenters. The van der Waals surface area contributed by atoms with Crippen molar-refractivity contribution < 1.29 is 37.5 Å². The number of carboxylic acids is 1. The predicted octanol–water partition coefficient (Wildman–Crippen LogP) is 7.12. The van der Waals surface area contributed by atoms with Gasteiger partial charge in [-0.15, -0.1) is 0 Å². The Kier molecular flexibility index (Phi) is 9.41. The standard InChI is InChI=1S/C35H30F2N4O6/c1-35(2,3)46-34(45)38-26-14-10-22(11-15-26)32-40-30(41-47-32)27-16-7-20(17-28(27)37)18-29(33(43)44)39-31(42)24-6-4-5-23(19-24)21-8-12-25(36)13-9-21/h4-17,19,29H,18H2,1-3H3,(H,38,45)(H,39,42)(H,43,44). The van der Waals surface area contributed by atoms with Gasteiger partial charge in [-0.25, -0.2) is 18.4 Å². The number of amides is 2. The molecule has 0 fully saturated rings. The summed E-state index contributed by atoms with van der Waals surface area (Å²) in [4.78, 5) is 41.3. The maximum atomic E-state index is 15.2. The maximum Gasteiger partial charge on any atom is 0.412 e. The Bertz CT molecular complexity index is 1920. The number of halogens is 2. The van der Waals surface area contributed by atoms with Crippen molar-refractivity contribution in [1.82, 2.24) is 15.5 Å². The van der Waals surface area contributed by atoms with Crippen LogP contribution in [-0.2, 0) is 16.0 Å². The van der Waals surface area contributed by atoms with Crippen molar-refractivity contribution >= 4 is 23.7 Å². The molecule has 4 aromatic carbocycles. The number of ether oxygens (including phenoxy) is 1. The van der Waals surface area contributed by atoms with Gasteiger partial charge < -0.3 is 19.7 Å². The molecule has 10 nitrogen and oxygen atoms in total. The predicted molar refractivity (Wildman–Crippen MR) is 169 cm³/mol. The number of benzene rings is 4. The number of anilines is 1. The van der Waals surface area contributed by atoms with Gasteiger partial charge in [0.2, 0.25) is 5.82 Å². The number of nitrogens with one attached hydrogen (secondary N) is 2. The fourth-order valence-corrected chi connectivity index (χ4v) is 4.59. The van der Waals surface area contributed by atoms with Crippen LogP contribution in [0.15, 0.2) is 95.5 Å². The molecule has 0 aliphatic heterocycles. The largest absolute Gasteiger partial charge is 0.480 e. The topological polar surface area (TPSA) is 144 Å². The minimum absolute atomic E-state index is 0.0240. The zero-order chi connectivity index (χ0) is 33.7. The highest BCUT2D eigenvalue weighted by Gasteiger charge is 2.23. The summed E-state index contributed by atoms with van der Waals surface area (Å²) >= 11 is 0. The highest BCUT2D eigenvalue weighted by molar-refractivity contribution is 5.97. The lowest BCUT2D eigenvalue weighted by molar-refractivity contribution is -0.139. The summed E-state index contributed by atoms with van der Waals surface area (Å²) in [5, 5.41) is 18.8. The number of hydrogen-bond acceptors (Lipinski definition) is 7. The molecule has 1 heterocycles. The van der Waals surface area contributed by atoms with E-state index in [0.717, 1.165) is 6.07 Å². The van der Waals surface area contributed by atoms with E-state index in [2.05, 4.69) is 20.8 Å². The molecule has 1 aromatic heterocycles. The van der Waals surface area contributed by atoms with Gasteiger partial charge in [-0.2, -0.15) is 4.98 Å². The minimum Gasteiger partial charge on any atom is -0.480 e. The molecule has 3 N–H and O–H groups in total. The molecule has 0 radical (unpaired) electrons. The number of aliphatic carboxylic acids is 1. The molecule has 5 rings (SSSR count). The lowest BCUT2D eigenvalue weighted by Crippen LogP contribution is -2.42. The van der Waals surface area contributed by atoms with Crippen LogP contribution in [0.4, 0.5) is 19.3 Å². The van der Waals surface area contributed by atoms with Crippen LogP contribution in [0.3, 0.4) is 0 Å². The van der Waals surface area contributed by atoms with Crippen molar-refractivity contribution in [1.29, 1.82) is 0 Å². The van der Waals surface area contributed by atoms with Crippen LogP contribution in [0, 0.1) is 11.6 Å². The van der Waals surface area contributed by atoms with Crippen LogP contribution >= 0.6 is 0 Å². The molecule has 0 saturated heterocycles. The SMILES string of the molecule is CC(C)(C)OC(=O)Nc1ccc(-c2nc(-c3ccc(CC(NC(=O)c4cccc(-c5ccc(F)cc5)c4)C(=O)O)cc3F)no2)cc1. The summed E-state index contributed by atoms with van der Waals surface area (Å²) in [6, 6.07) is 21.5. The first-order valence-electron chi connectivity index (χ1n) is 14.5. The fourth-order valence-electron chi connectivity index (χ4n) is 4.59. The Morgan fingerprint density at radius 2 is 1.60 bits per heavy atom. The van der Waals surface area contributed by atoms with E-state index in [0.29, 0.717) is 27.9 Å². The van der Waals surface area contributed by atoms with Crippen LogP contribution in [-0.4, -0.2) is 44.9 Å². The highest BCUT2D eigenvalue weighted by Crippen LogP contribution is 2.27. The van der Waals surface area contributed by atoms with Gasteiger partial charge in [0, 0.05) is 23.2 Å². The summed E-state index contributed by atoms with van der Waals surface area (Å²) in [6.45, 7) is 5.27. The Morgan fingerprint density at radius 1 is 0.894 bits per heavy atom. The molecule has 240 valence electrons. The summed E-state index contributed by atoms with van der Waals surface area (Å²) in [6.07, 6.45) is -0.800. The number of carboxylic acid groups (broad SMARTS) is 1. The second-order valence-corrected chi connectivity index (χ2v) is 11.6. The van der Waals surface area contributed by atoms with E-state index in [1.807, 2.05) is 0 Å². The van der Waals surface area contributed by atoms with Crippen molar-refractivity contribution in [2.24, 2.45) is 0 Å². The van der Waals surface area contributed by atoms with Crippen LogP contribution in [0.5, 0.6) is 0 Å². The van der Waals surface area contributed by atoms with E-state index in [9.17, 15) is 23.9 Å². The quantitative estimate of drug-likeness (QED) is 0.155. The van der Waals surface area contributed by atoms with E-state index in [1.54, 1.807) is 75.4 Å². The smallest absolute Gasteiger partial charge is 0.412 e. The minimum atomic E-state index is -1.35. The van der Waals surface area contributed by atoms with Crippen LogP contribution in [0.2, 0.25) is 0 Å². The molecule has 2 amide bonds. The van der Waals surface area contributed by atoms with Crippen molar-refractivity contribution in [2.45, 2.75) is 38.8 Å². The highest BCUT2D eigenvalue weighted by atomic mass is 19.1. The number of carbonyl (C=O) groups is 3. The first-order chi connectivity index (χ1) is 22.3. The van der Waals surface area contributed by atoms with E-state index in [4.69, 9.17) is 9.26 Å². The van der Waals surface area contributed by atoms with E-state index in [-0.39, 0.29) is 29.3 Å². The third-order valence-corrected chi connectivity index (χ3v) is 6.82. The monoisotopic (exact) mass is 640 g/mol. The van der Waals surface area contributed by atoms with Crippen LogP contribution in [0.25, 0.3) is 34.0 Å². The molecule has 0 bridgehead atoms. The van der Waals surface area contributed by atoms with E-state index in [1.165, 1.54) is 30.3 Å². The third kappa shape index (κ3) is 8.42. The van der Waals surface area contributed by atoms with Gasteiger partial charge in [-0.3, -0.25) is 10.1 Å². The molecule has 1 unspecified atom stereocenters. The molecule has 0 spiro atoms. The Labute approximate surface area is 268 Å². The van der Waals surface area contributed by atoms with Crippen molar-refractivity contribution in [3.8, 4) is 34.0 Å².